The highest BCUT2D eigenvalue weighted by Crippen LogP contribution is 2.17. The van der Waals surface area contributed by atoms with Crippen LogP contribution in [-0.2, 0) is 9.53 Å². The highest BCUT2D eigenvalue weighted by atomic mass is 16.5. The summed E-state index contributed by atoms with van der Waals surface area (Å²) >= 11 is 0. The number of rotatable bonds is 3. The number of morpholine rings is 1. The summed E-state index contributed by atoms with van der Waals surface area (Å²) in [5.41, 5.74) is 5.80. The van der Waals surface area contributed by atoms with E-state index < -0.39 is 0 Å². The lowest BCUT2D eigenvalue weighted by Gasteiger charge is -2.32. The van der Waals surface area contributed by atoms with Crippen molar-refractivity contribution in [1.82, 2.24) is 9.80 Å². The standard InChI is InChI=1S/C12H23N3O2/c1-2-11(13)12(16)15-4-3-10(9-15)14-5-7-17-8-6-14/h10-11H,2-9,13H2,1H3/t10?,11-/m0/s1. The fraction of sp³-hybridized carbons (Fsp3) is 0.917. The Morgan fingerprint density at radius 3 is 2.76 bits per heavy atom. The molecule has 0 aliphatic carbocycles. The van der Waals surface area contributed by atoms with Crippen molar-refractivity contribution in [1.29, 1.82) is 0 Å². The second-order valence-corrected chi connectivity index (χ2v) is 4.89. The van der Waals surface area contributed by atoms with Gasteiger partial charge in [0.05, 0.1) is 19.3 Å². The molecule has 98 valence electrons. The van der Waals surface area contributed by atoms with Gasteiger partial charge in [-0.05, 0) is 12.8 Å². The monoisotopic (exact) mass is 241 g/mol. The van der Waals surface area contributed by atoms with Crippen LogP contribution >= 0.6 is 0 Å². The molecular formula is C12H23N3O2. The van der Waals surface area contributed by atoms with Crippen molar-refractivity contribution in [3.63, 3.8) is 0 Å². The first-order valence-electron chi connectivity index (χ1n) is 6.58. The van der Waals surface area contributed by atoms with Crippen molar-refractivity contribution < 1.29 is 9.53 Å². The molecule has 0 spiro atoms. The zero-order valence-electron chi connectivity index (χ0n) is 10.6. The van der Waals surface area contributed by atoms with Gasteiger partial charge in [0.15, 0.2) is 0 Å². The van der Waals surface area contributed by atoms with E-state index in [0.29, 0.717) is 6.04 Å². The SMILES string of the molecule is CC[C@H](N)C(=O)N1CCC(N2CCOCC2)C1. The van der Waals surface area contributed by atoms with Crippen LogP contribution in [0, 0.1) is 0 Å². The van der Waals surface area contributed by atoms with Crippen molar-refractivity contribution in [2.75, 3.05) is 39.4 Å². The molecule has 0 aromatic rings. The molecular weight excluding hydrogens is 218 g/mol. The number of carbonyl (C=O) groups excluding carboxylic acids is 1. The molecule has 2 rings (SSSR count). The van der Waals surface area contributed by atoms with Gasteiger partial charge in [-0.1, -0.05) is 6.92 Å². The molecule has 2 aliphatic heterocycles. The van der Waals surface area contributed by atoms with E-state index in [1.807, 2.05) is 11.8 Å². The lowest BCUT2D eigenvalue weighted by atomic mass is 10.2. The van der Waals surface area contributed by atoms with Crippen LogP contribution in [0.5, 0.6) is 0 Å². The minimum absolute atomic E-state index is 0.114. The number of carbonyl (C=O) groups is 1. The van der Waals surface area contributed by atoms with E-state index in [1.54, 1.807) is 0 Å². The van der Waals surface area contributed by atoms with Gasteiger partial charge in [0.1, 0.15) is 0 Å². The Balaban J connectivity index is 1.84. The summed E-state index contributed by atoms with van der Waals surface area (Å²) in [6.07, 6.45) is 1.79. The Morgan fingerprint density at radius 1 is 1.41 bits per heavy atom. The minimum Gasteiger partial charge on any atom is -0.379 e. The largest absolute Gasteiger partial charge is 0.379 e. The quantitative estimate of drug-likeness (QED) is 0.734. The maximum atomic E-state index is 12.0. The number of likely N-dealkylation sites (tertiary alicyclic amines) is 1. The average molecular weight is 241 g/mol. The number of hydrogen-bond acceptors (Lipinski definition) is 4. The molecule has 2 heterocycles. The van der Waals surface area contributed by atoms with Crippen LogP contribution in [0.3, 0.4) is 0 Å². The molecule has 5 nitrogen and oxygen atoms in total. The molecule has 0 aromatic carbocycles. The summed E-state index contributed by atoms with van der Waals surface area (Å²) in [5.74, 6) is 0.114. The fourth-order valence-corrected chi connectivity index (χ4v) is 2.59. The summed E-state index contributed by atoms with van der Waals surface area (Å²) in [5, 5.41) is 0. The second kappa shape index (κ2) is 5.80. The molecule has 2 atom stereocenters. The minimum atomic E-state index is -0.321. The Morgan fingerprint density at radius 2 is 2.12 bits per heavy atom. The first kappa shape index (κ1) is 12.8. The smallest absolute Gasteiger partial charge is 0.239 e. The Labute approximate surface area is 103 Å². The number of nitrogens with zero attached hydrogens (tertiary/aromatic N) is 2. The van der Waals surface area contributed by atoms with E-state index in [-0.39, 0.29) is 11.9 Å². The topological polar surface area (TPSA) is 58.8 Å². The van der Waals surface area contributed by atoms with Crippen LogP contribution in [0.15, 0.2) is 0 Å². The number of nitrogens with two attached hydrogens (primary N) is 1. The van der Waals surface area contributed by atoms with Crippen LogP contribution in [-0.4, -0.2) is 67.2 Å². The van der Waals surface area contributed by atoms with Gasteiger partial charge in [-0.25, -0.2) is 0 Å². The summed E-state index contributed by atoms with van der Waals surface area (Å²) in [4.78, 5) is 16.3. The Bertz CT molecular complexity index is 266. The van der Waals surface area contributed by atoms with Gasteiger partial charge in [0.2, 0.25) is 5.91 Å². The second-order valence-electron chi connectivity index (χ2n) is 4.89. The third-order valence-electron chi connectivity index (χ3n) is 3.79. The summed E-state index contributed by atoms with van der Waals surface area (Å²) < 4.78 is 5.35. The molecule has 0 radical (unpaired) electrons. The van der Waals surface area contributed by atoms with Crippen LogP contribution in [0.2, 0.25) is 0 Å². The van der Waals surface area contributed by atoms with Crippen molar-refractivity contribution in [2.24, 2.45) is 5.73 Å². The molecule has 0 aromatic heterocycles. The van der Waals surface area contributed by atoms with Crippen LogP contribution in [0.1, 0.15) is 19.8 Å². The van der Waals surface area contributed by atoms with Crippen molar-refractivity contribution in [3.8, 4) is 0 Å². The molecule has 1 unspecified atom stereocenters. The van der Waals surface area contributed by atoms with E-state index in [0.717, 1.165) is 52.2 Å². The van der Waals surface area contributed by atoms with Crippen molar-refractivity contribution in [2.45, 2.75) is 31.8 Å². The lowest BCUT2D eigenvalue weighted by molar-refractivity contribution is -0.131. The summed E-state index contributed by atoms with van der Waals surface area (Å²) in [7, 11) is 0. The third kappa shape index (κ3) is 2.97. The number of hydrogen-bond donors (Lipinski definition) is 1. The highest BCUT2D eigenvalue weighted by Gasteiger charge is 2.32. The molecule has 1 amide bonds. The van der Waals surface area contributed by atoms with Crippen LogP contribution in [0.4, 0.5) is 0 Å². The normalized spacial score (nSPS) is 28.4. The van der Waals surface area contributed by atoms with Crippen LogP contribution in [0.25, 0.3) is 0 Å². The van der Waals surface area contributed by atoms with Gasteiger partial charge < -0.3 is 15.4 Å². The number of amides is 1. The zero-order valence-corrected chi connectivity index (χ0v) is 10.6. The molecule has 0 saturated carbocycles. The van der Waals surface area contributed by atoms with Gasteiger partial charge >= 0.3 is 0 Å². The molecule has 2 saturated heterocycles. The van der Waals surface area contributed by atoms with E-state index >= 15 is 0 Å². The molecule has 2 fully saturated rings. The predicted octanol–water partition coefficient (Wildman–Crippen LogP) is -0.343. The van der Waals surface area contributed by atoms with Gasteiger partial charge in [-0.3, -0.25) is 9.69 Å². The first-order chi connectivity index (χ1) is 8.22. The Hall–Kier alpha value is -0.650. The molecule has 5 heteroatoms. The van der Waals surface area contributed by atoms with Crippen LogP contribution < -0.4 is 5.73 Å². The van der Waals surface area contributed by atoms with E-state index in [9.17, 15) is 4.79 Å². The lowest BCUT2D eigenvalue weighted by Crippen LogP contribution is -2.47. The van der Waals surface area contributed by atoms with E-state index in [1.165, 1.54) is 0 Å². The molecule has 2 N–H and O–H groups in total. The predicted molar refractivity (Wildman–Crippen MR) is 65.6 cm³/mol. The molecule has 17 heavy (non-hydrogen) atoms. The van der Waals surface area contributed by atoms with Gasteiger partial charge in [0, 0.05) is 32.2 Å². The van der Waals surface area contributed by atoms with E-state index in [4.69, 9.17) is 10.5 Å². The van der Waals surface area contributed by atoms with Crippen molar-refractivity contribution >= 4 is 5.91 Å². The van der Waals surface area contributed by atoms with E-state index in [2.05, 4.69) is 4.90 Å². The van der Waals surface area contributed by atoms with Crippen molar-refractivity contribution in [3.05, 3.63) is 0 Å². The maximum Gasteiger partial charge on any atom is 0.239 e. The first-order valence-corrected chi connectivity index (χ1v) is 6.58. The maximum absolute atomic E-state index is 12.0. The van der Waals surface area contributed by atoms with Gasteiger partial charge in [-0.15, -0.1) is 0 Å². The van der Waals surface area contributed by atoms with Gasteiger partial charge in [0.25, 0.3) is 0 Å². The average Bonchev–Trinajstić information content (AvgIpc) is 2.87. The Kier molecular flexibility index (Phi) is 4.36. The third-order valence-corrected chi connectivity index (χ3v) is 3.79. The fourth-order valence-electron chi connectivity index (χ4n) is 2.59. The van der Waals surface area contributed by atoms with Gasteiger partial charge in [-0.2, -0.15) is 0 Å². The molecule has 0 bridgehead atoms. The summed E-state index contributed by atoms with van der Waals surface area (Å²) in [6.45, 7) is 7.27. The summed E-state index contributed by atoms with van der Waals surface area (Å²) in [6, 6.07) is 0.186. The molecule has 2 aliphatic rings. The highest BCUT2D eigenvalue weighted by molar-refractivity contribution is 5.81. The number of ether oxygens (including phenoxy) is 1. The zero-order chi connectivity index (χ0) is 12.3.